The molecule has 2 rings (SSSR count). The third-order valence-electron chi connectivity index (χ3n) is 3.23. The summed E-state index contributed by atoms with van der Waals surface area (Å²) in [6.45, 7) is 10.2. The summed E-state index contributed by atoms with van der Waals surface area (Å²) in [7, 11) is 0. The first kappa shape index (κ1) is 15.3. The van der Waals surface area contributed by atoms with E-state index in [2.05, 4.69) is 56.1 Å². The van der Waals surface area contributed by atoms with Gasteiger partial charge >= 0.3 is 0 Å². The van der Waals surface area contributed by atoms with E-state index in [0.29, 0.717) is 6.61 Å². The molecule has 0 aliphatic rings. The minimum atomic E-state index is 0.546. The molecule has 0 aliphatic heterocycles. The van der Waals surface area contributed by atoms with Gasteiger partial charge in [0.25, 0.3) is 0 Å². The highest BCUT2D eigenvalue weighted by Crippen LogP contribution is 2.13. The van der Waals surface area contributed by atoms with Gasteiger partial charge in [-0.15, -0.1) is 0 Å². The maximum absolute atomic E-state index is 5.47. The van der Waals surface area contributed by atoms with Crippen molar-refractivity contribution in [1.29, 1.82) is 0 Å². The lowest BCUT2D eigenvalue weighted by molar-refractivity contribution is 0.363. The van der Waals surface area contributed by atoms with Gasteiger partial charge in [0.1, 0.15) is 12.4 Å². The summed E-state index contributed by atoms with van der Waals surface area (Å²) in [5.41, 5.74) is 5.22. The first-order chi connectivity index (χ1) is 10.2. The number of benzene rings is 2. The lowest BCUT2D eigenvalue weighted by Crippen LogP contribution is -2.12. The Morgan fingerprint density at radius 3 is 2.19 bits per heavy atom. The van der Waals surface area contributed by atoms with Gasteiger partial charge < -0.3 is 10.1 Å². The Morgan fingerprint density at radius 1 is 0.952 bits per heavy atom. The lowest BCUT2D eigenvalue weighted by atomic mass is 10.1. The third kappa shape index (κ3) is 5.09. The molecule has 0 aliphatic carbocycles. The molecule has 21 heavy (non-hydrogen) atoms. The van der Waals surface area contributed by atoms with Crippen LogP contribution in [0.2, 0.25) is 0 Å². The fourth-order valence-electron chi connectivity index (χ4n) is 2.38. The topological polar surface area (TPSA) is 21.3 Å². The van der Waals surface area contributed by atoms with Crippen LogP contribution in [-0.4, -0.2) is 6.61 Å². The summed E-state index contributed by atoms with van der Waals surface area (Å²) in [5, 5.41) is 3.48. The zero-order valence-electron chi connectivity index (χ0n) is 12.9. The fourth-order valence-corrected chi connectivity index (χ4v) is 2.38. The van der Waals surface area contributed by atoms with Crippen LogP contribution in [0, 0.1) is 13.8 Å². The van der Waals surface area contributed by atoms with Gasteiger partial charge in [0.05, 0.1) is 0 Å². The molecule has 0 radical (unpaired) electrons. The van der Waals surface area contributed by atoms with Gasteiger partial charge in [-0.2, -0.15) is 0 Å². The average molecular weight is 281 g/mol. The van der Waals surface area contributed by atoms with Crippen LogP contribution < -0.4 is 10.1 Å². The first-order valence-electron chi connectivity index (χ1n) is 7.28. The smallest absolute Gasteiger partial charge is 0.119 e. The van der Waals surface area contributed by atoms with Crippen molar-refractivity contribution in [3.63, 3.8) is 0 Å². The van der Waals surface area contributed by atoms with E-state index in [0.717, 1.165) is 18.8 Å². The molecular weight excluding hydrogens is 258 g/mol. The summed E-state index contributed by atoms with van der Waals surface area (Å²) in [6, 6.07) is 14.8. The van der Waals surface area contributed by atoms with Crippen molar-refractivity contribution in [2.45, 2.75) is 26.9 Å². The molecule has 0 bridgehead atoms. The van der Waals surface area contributed by atoms with Crippen LogP contribution in [0.5, 0.6) is 5.75 Å². The second-order valence-corrected chi connectivity index (χ2v) is 5.34. The highest BCUT2D eigenvalue weighted by Gasteiger charge is 1.98. The number of hydrogen-bond acceptors (Lipinski definition) is 2. The van der Waals surface area contributed by atoms with Crippen molar-refractivity contribution in [3.05, 3.63) is 77.4 Å². The second kappa shape index (κ2) is 7.65. The van der Waals surface area contributed by atoms with Crippen molar-refractivity contribution < 1.29 is 4.74 Å². The highest BCUT2D eigenvalue weighted by atomic mass is 16.5. The van der Waals surface area contributed by atoms with E-state index in [1.54, 1.807) is 6.08 Å². The third-order valence-corrected chi connectivity index (χ3v) is 3.23. The Bertz CT molecular complexity index is 567. The predicted molar refractivity (Wildman–Crippen MR) is 88.6 cm³/mol. The number of rotatable bonds is 7. The first-order valence-corrected chi connectivity index (χ1v) is 7.28. The molecule has 2 aromatic rings. The molecule has 0 saturated heterocycles. The van der Waals surface area contributed by atoms with Gasteiger partial charge in [-0.25, -0.2) is 0 Å². The maximum Gasteiger partial charge on any atom is 0.119 e. The summed E-state index contributed by atoms with van der Waals surface area (Å²) in [5.74, 6) is 0.882. The monoisotopic (exact) mass is 281 g/mol. The van der Waals surface area contributed by atoms with E-state index in [4.69, 9.17) is 4.74 Å². The zero-order valence-corrected chi connectivity index (χ0v) is 12.9. The van der Waals surface area contributed by atoms with Crippen molar-refractivity contribution in [2.75, 3.05) is 6.61 Å². The molecule has 0 unspecified atom stereocenters. The SMILES string of the molecule is C=CCOc1ccc(CNCc2cc(C)cc(C)c2)cc1. The van der Waals surface area contributed by atoms with Crippen LogP contribution in [0.15, 0.2) is 55.1 Å². The standard InChI is InChI=1S/C19H23NO/c1-4-9-21-19-7-5-17(6-8-19)13-20-14-18-11-15(2)10-16(3)12-18/h4-8,10-12,20H,1,9,13-14H2,2-3H3. The molecule has 1 N–H and O–H groups in total. The Hall–Kier alpha value is -2.06. The molecule has 110 valence electrons. The van der Waals surface area contributed by atoms with Crippen LogP contribution in [0.1, 0.15) is 22.3 Å². The van der Waals surface area contributed by atoms with Gasteiger partial charge in [0.2, 0.25) is 0 Å². The van der Waals surface area contributed by atoms with Crippen LogP contribution >= 0.6 is 0 Å². The molecule has 0 atom stereocenters. The van der Waals surface area contributed by atoms with E-state index in [1.807, 2.05) is 12.1 Å². The van der Waals surface area contributed by atoms with Gasteiger partial charge in [0.15, 0.2) is 0 Å². The molecule has 0 amide bonds. The zero-order chi connectivity index (χ0) is 15.1. The number of nitrogens with one attached hydrogen (secondary N) is 1. The van der Waals surface area contributed by atoms with E-state index >= 15 is 0 Å². The van der Waals surface area contributed by atoms with Crippen molar-refractivity contribution in [3.8, 4) is 5.75 Å². The number of hydrogen-bond donors (Lipinski definition) is 1. The van der Waals surface area contributed by atoms with Crippen LogP contribution in [0.4, 0.5) is 0 Å². The minimum absolute atomic E-state index is 0.546. The molecular formula is C19H23NO. The largest absolute Gasteiger partial charge is 0.490 e. The number of ether oxygens (including phenoxy) is 1. The van der Waals surface area contributed by atoms with Crippen molar-refractivity contribution >= 4 is 0 Å². The van der Waals surface area contributed by atoms with Crippen LogP contribution in [-0.2, 0) is 13.1 Å². The van der Waals surface area contributed by atoms with Gasteiger partial charge in [-0.1, -0.05) is 54.1 Å². The van der Waals surface area contributed by atoms with Crippen molar-refractivity contribution in [2.24, 2.45) is 0 Å². The summed E-state index contributed by atoms with van der Waals surface area (Å²) < 4.78 is 5.47. The fraction of sp³-hybridized carbons (Fsp3) is 0.263. The Kier molecular flexibility index (Phi) is 5.59. The molecule has 0 aromatic heterocycles. The Balaban J connectivity index is 1.84. The van der Waals surface area contributed by atoms with E-state index in [1.165, 1.54) is 22.3 Å². The van der Waals surface area contributed by atoms with E-state index in [-0.39, 0.29) is 0 Å². The van der Waals surface area contributed by atoms with Crippen LogP contribution in [0.3, 0.4) is 0 Å². The normalized spacial score (nSPS) is 10.4. The molecule has 2 heteroatoms. The molecule has 0 heterocycles. The lowest BCUT2D eigenvalue weighted by Gasteiger charge is -2.08. The second-order valence-electron chi connectivity index (χ2n) is 5.34. The Morgan fingerprint density at radius 2 is 1.57 bits per heavy atom. The maximum atomic E-state index is 5.47. The molecule has 0 saturated carbocycles. The van der Waals surface area contributed by atoms with Gasteiger partial charge in [0, 0.05) is 13.1 Å². The van der Waals surface area contributed by atoms with E-state index < -0.39 is 0 Å². The van der Waals surface area contributed by atoms with E-state index in [9.17, 15) is 0 Å². The van der Waals surface area contributed by atoms with Gasteiger partial charge in [-0.05, 0) is 37.1 Å². The van der Waals surface area contributed by atoms with Crippen LogP contribution in [0.25, 0.3) is 0 Å². The van der Waals surface area contributed by atoms with Crippen molar-refractivity contribution in [1.82, 2.24) is 5.32 Å². The quantitative estimate of drug-likeness (QED) is 0.770. The summed E-state index contributed by atoms with van der Waals surface area (Å²) in [6.07, 6.45) is 1.75. The highest BCUT2D eigenvalue weighted by molar-refractivity contribution is 5.29. The summed E-state index contributed by atoms with van der Waals surface area (Å²) >= 11 is 0. The number of aryl methyl sites for hydroxylation is 2. The molecule has 2 aromatic carbocycles. The minimum Gasteiger partial charge on any atom is -0.490 e. The Labute approximate surface area is 127 Å². The molecule has 0 spiro atoms. The van der Waals surface area contributed by atoms with Gasteiger partial charge in [-0.3, -0.25) is 0 Å². The molecule has 2 nitrogen and oxygen atoms in total. The average Bonchev–Trinajstić information content (AvgIpc) is 2.45. The predicted octanol–water partition coefficient (Wildman–Crippen LogP) is 4.16. The molecule has 0 fully saturated rings. The summed E-state index contributed by atoms with van der Waals surface area (Å²) in [4.78, 5) is 0.